The molecule has 0 spiro atoms. The highest BCUT2D eigenvalue weighted by atomic mass is 19.1. The second-order valence-corrected chi connectivity index (χ2v) is 2.94. The molecule has 0 amide bonds. The molecule has 1 aromatic rings. The van der Waals surface area contributed by atoms with Crippen LogP contribution in [0.3, 0.4) is 0 Å². The fourth-order valence-corrected chi connectivity index (χ4v) is 1.22. The molecule has 0 bridgehead atoms. The van der Waals surface area contributed by atoms with E-state index in [1.807, 2.05) is 18.2 Å². The third kappa shape index (κ3) is 2.91. The molecular weight excluding hydrogens is 184 g/mol. The topological polar surface area (TPSA) is 12.4 Å². The molecule has 1 nitrogen and oxygen atoms in total. The van der Waals surface area contributed by atoms with Gasteiger partial charge in [-0.2, -0.15) is 0 Å². The van der Waals surface area contributed by atoms with Gasteiger partial charge in [0, 0.05) is 0 Å². The molecular formula is C11H13F2N. The Kier molecular flexibility index (Phi) is 4.23. The second kappa shape index (κ2) is 5.47. The van der Waals surface area contributed by atoms with Gasteiger partial charge in [0.25, 0.3) is 0 Å². The molecule has 0 aliphatic rings. The predicted molar refractivity (Wildman–Crippen MR) is 54.4 cm³/mol. The van der Waals surface area contributed by atoms with Crippen LogP contribution in [0.4, 0.5) is 8.78 Å². The van der Waals surface area contributed by atoms with Crippen LogP contribution in [0, 0.1) is 0 Å². The maximum atomic E-state index is 13.1. The monoisotopic (exact) mass is 197 g/mol. The highest BCUT2D eigenvalue weighted by Gasteiger charge is 2.10. The van der Waals surface area contributed by atoms with E-state index in [-0.39, 0.29) is 6.54 Å². The molecule has 0 aliphatic heterocycles. The SMILES string of the molecule is CC(F)C(=NCCF)c1ccccc1. The molecule has 0 N–H and O–H groups in total. The molecule has 0 saturated heterocycles. The van der Waals surface area contributed by atoms with Gasteiger partial charge in [-0.15, -0.1) is 0 Å². The van der Waals surface area contributed by atoms with Crippen LogP contribution in [0.5, 0.6) is 0 Å². The zero-order valence-corrected chi connectivity index (χ0v) is 8.08. The first-order valence-corrected chi connectivity index (χ1v) is 4.55. The van der Waals surface area contributed by atoms with Crippen LogP contribution in [0.25, 0.3) is 0 Å². The first kappa shape index (κ1) is 10.8. The summed E-state index contributed by atoms with van der Waals surface area (Å²) in [4.78, 5) is 3.88. The van der Waals surface area contributed by atoms with Crippen molar-refractivity contribution in [1.29, 1.82) is 0 Å². The number of nitrogens with zero attached hydrogens (tertiary/aromatic N) is 1. The number of hydrogen-bond donors (Lipinski definition) is 0. The normalized spacial score (nSPS) is 14.1. The Morgan fingerprint density at radius 2 is 2.00 bits per heavy atom. The molecule has 14 heavy (non-hydrogen) atoms. The number of alkyl halides is 2. The summed E-state index contributed by atoms with van der Waals surface area (Å²) in [7, 11) is 0. The van der Waals surface area contributed by atoms with Crippen molar-refractivity contribution in [2.24, 2.45) is 4.99 Å². The molecule has 1 rings (SSSR count). The summed E-state index contributed by atoms with van der Waals surface area (Å²) in [6.45, 7) is 0.881. The minimum atomic E-state index is -1.16. The summed E-state index contributed by atoms with van der Waals surface area (Å²) < 4.78 is 25.0. The van der Waals surface area contributed by atoms with Crippen LogP contribution in [0.15, 0.2) is 35.3 Å². The quantitative estimate of drug-likeness (QED) is 0.658. The van der Waals surface area contributed by atoms with Gasteiger partial charge in [0.15, 0.2) is 0 Å². The molecule has 1 atom stereocenters. The molecule has 0 aromatic heterocycles. The van der Waals surface area contributed by atoms with E-state index in [1.165, 1.54) is 6.92 Å². The largest absolute Gasteiger partial charge is 0.283 e. The molecule has 3 heteroatoms. The van der Waals surface area contributed by atoms with E-state index in [9.17, 15) is 8.78 Å². The van der Waals surface area contributed by atoms with E-state index in [1.54, 1.807) is 12.1 Å². The molecule has 1 unspecified atom stereocenters. The fraction of sp³-hybridized carbons (Fsp3) is 0.364. The van der Waals surface area contributed by atoms with Gasteiger partial charge >= 0.3 is 0 Å². The van der Waals surface area contributed by atoms with E-state index >= 15 is 0 Å². The maximum absolute atomic E-state index is 13.1. The Morgan fingerprint density at radius 3 is 2.50 bits per heavy atom. The van der Waals surface area contributed by atoms with Gasteiger partial charge in [-0.05, 0) is 12.5 Å². The standard InChI is InChI=1S/C11H13F2N/c1-9(13)11(14-8-7-12)10-5-3-2-4-6-10/h2-6,9H,7-8H2,1H3. The Balaban J connectivity index is 2.89. The average molecular weight is 197 g/mol. The van der Waals surface area contributed by atoms with Crippen molar-refractivity contribution in [3.05, 3.63) is 35.9 Å². The Hall–Kier alpha value is -1.25. The molecule has 76 valence electrons. The molecule has 0 radical (unpaired) electrons. The van der Waals surface area contributed by atoms with Crippen molar-refractivity contribution in [3.63, 3.8) is 0 Å². The van der Waals surface area contributed by atoms with Crippen LogP contribution in [-0.2, 0) is 0 Å². The summed E-state index contributed by atoms with van der Waals surface area (Å²) in [5.74, 6) is 0. The number of hydrogen-bond acceptors (Lipinski definition) is 1. The Bertz CT molecular complexity index is 293. The fourth-order valence-electron chi connectivity index (χ4n) is 1.22. The molecule has 0 aliphatic carbocycles. The summed E-state index contributed by atoms with van der Waals surface area (Å²) in [6.07, 6.45) is -1.16. The van der Waals surface area contributed by atoms with Gasteiger partial charge in [-0.3, -0.25) is 4.99 Å². The number of aliphatic imine (C=N–C) groups is 1. The average Bonchev–Trinajstić information content (AvgIpc) is 2.19. The minimum Gasteiger partial charge on any atom is -0.283 e. The third-order valence-corrected chi connectivity index (χ3v) is 1.81. The lowest BCUT2D eigenvalue weighted by atomic mass is 10.1. The van der Waals surface area contributed by atoms with E-state index in [2.05, 4.69) is 4.99 Å². The minimum absolute atomic E-state index is 0.0263. The number of halogens is 2. The van der Waals surface area contributed by atoms with E-state index in [4.69, 9.17) is 0 Å². The van der Waals surface area contributed by atoms with Crippen molar-refractivity contribution in [1.82, 2.24) is 0 Å². The smallest absolute Gasteiger partial charge is 0.139 e. The summed E-state index contributed by atoms with van der Waals surface area (Å²) in [5.41, 5.74) is 1.04. The zero-order valence-electron chi connectivity index (χ0n) is 8.08. The maximum Gasteiger partial charge on any atom is 0.139 e. The summed E-state index contributed by atoms with van der Waals surface area (Å²) in [5, 5.41) is 0. The first-order chi connectivity index (χ1) is 6.75. The van der Waals surface area contributed by atoms with Crippen molar-refractivity contribution in [2.75, 3.05) is 13.2 Å². The van der Waals surface area contributed by atoms with Crippen LogP contribution in [0.1, 0.15) is 12.5 Å². The lowest BCUT2D eigenvalue weighted by Crippen LogP contribution is -2.14. The highest BCUT2D eigenvalue weighted by Crippen LogP contribution is 2.07. The van der Waals surface area contributed by atoms with Gasteiger partial charge in [0.05, 0.1) is 12.3 Å². The van der Waals surface area contributed by atoms with Gasteiger partial charge in [-0.1, -0.05) is 30.3 Å². The summed E-state index contributed by atoms with van der Waals surface area (Å²) in [6, 6.07) is 9.00. The van der Waals surface area contributed by atoms with Gasteiger partial charge in [0.2, 0.25) is 0 Å². The second-order valence-electron chi connectivity index (χ2n) is 2.94. The van der Waals surface area contributed by atoms with Crippen LogP contribution in [-0.4, -0.2) is 25.1 Å². The van der Waals surface area contributed by atoms with Crippen LogP contribution < -0.4 is 0 Å². The van der Waals surface area contributed by atoms with Crippen LogP contribution in [0.2, 0.25) is 0 Å². The van der Waals surface area contributed by atoms with Crippen molar-refractivity contribution in [2.45, 2.75) is 13.1 Å². The van der Waals surface area contributed by atoms with Crippen molar-refractivity contribution < 1.29 is 8.78 Å². The molecule has 1 aromatic carbocycles. The first-order valence-electron chi connectivity index (χ1n) is 4.55. The van der Waals surface area contributed by atoms with Gasteiger partial charge < -0.3 is 0 Å². The molecule has 0 saturated carbocycles. The summed E-state index contributed by atoms with van der Waals surface area (Å²) >= 11 is 0. The lowest BCUT2D eigenvalue weighted by Gasteiger charge is -2.07. The third-order valence-electron chi connectivity index (χ3n) is 1.81. The Morgan fingerprint density at radius 1 is 1.36 bits per heavy atom. The van der Waals surface area contributed by atoms with Gasteiger partial charge in [-0.25, -0.2) is 8.78 Å². The molecule has 0 heterocycles. The predicted octanol–water partition coefficient (Wildman–Crippen LogP) is 2.80. The number of benzene rings is 1. The highest BCUT2D eigenvalue weighted by molar-refractivity contribution is 6.03. The lowest BCUT2D eigenvalue weighted by molar-refractivity contribution is 0.451. The van der Waals surface area contributed by atoms with Crippen LogP contribution >= 0.6 is 0 Å². The van der Waals surface area contributed by atoms with Crippen molar-refractivity contribution in [3.8, 4) is 0 Å². The van der Waals surface area contributed by atoms with Crippen molar-refractivity contribution >= 4 is 5.71 Å². The van der Waals surface area contributed by atoms with E-state index in [0.29, 0.717) is 5.71 Å². The van der Waals surface area contributed by atoms with E-state index < -0.39 is 12.8 Å². The van der Waals surface area contributed by atoms with E-state index in [0.717, 1.165) is 5.56 Å². The van der Waals surface area contributed by atoms with Gasteiger partial charge in [0.1, 0.15) is 12.8 Å². The Labute approximate surface area is 82.5 Å². The number of rotatable bonds is 4. The molecule has 0 fully saturated rings. The zero-order chi connectivity index (χ0) is 10.4.